The summed E-state index contributed by atoms with van der Waals surface area (Å²) in [6.07, 6.45) is 2.92. The lowest BCUT2D eigenvalue weighted by Crippen LogP contribution is -2.48. The molecule has 0 fully saturated rings. The third-order valence-electron chi connectivity index (χ3n) is 2.85. The molecule has 2 amide bonds. The van der Waals surface area contributed by atoms with Gasteiger partial charge < -0.3 is 15.7 Å². The number of aryl methyl sites for hydroxylation is 1. The van der Waals surface area contributed by atoms with E-state index in [1.807, 2.05) is 19.3 Å². The second kappa shape index (κ2) is 6.93. The number of rotatable bonds is 7. The van der Waals surface area contributed by atoms with Crippen LogP contribution >= 0.6 is 0 Å². The van der Waals surface area contributed by atoms with Crippen LogP contribution in [0.1, 0.15) is 32.4 Å². The van der Waals surface area contributed by atoms with Crippen molar-refractivity contribution in [1.29, 1.82) is 0 Å². The van der Waals surface area contributed by atoms with Crippen molar-refractivity contribution in [3.05, 3.63) is 18.0 Å². The highest BCUT2D eigenvalue weighted by atomic mass is 16.4. The molecule has 7 nitrogen and oxygen atoms in total. The zero-order chi connectivity index (χ0) is 15.2. The monoisotopic (exact) mass is 282 g/mol. The van der Waals surface area contributed by atoms with Gasteiger partial charge in [0.05, 0.1) is 5.69 Å². The Morgan fingerprint density at radius 1 is 1.45 bits per heavy atom. The van der Waals surface area contributed by atoms with Gasteiger partial charge in [0.2, 0.25) is 0 Å². The molecule has 0 saturated heterocycles. The number of hydrogen-bond donors (Lipinski definition) is 3. The zero-order valence-electron chi connectivity index (χ0n) is 12.1. The Bertz CT molecular complexity index is 468. The molecule has 0 aliphatic heterocycles. The standard InChI is InChI=1S/C13H22N4O3/c1-13(2,7-4-11(18)19)15-12(20)14-8-5-10-6-9-17(3)16-10/h6,9H,4-5,7-8H2,1-3H3,(H,18,19)(H2,14,15,20). The number of nitrogens with one attached hydrogen (secondary N) is 2. The summed E-state index contributed by atoms with van der Waals surface area (Å²) < 4.78 is 1.71. The fraction of sp³-hybridized carbons (Fsp3) is 0.615. The van der Waals surface area contributed by atoms with E-state index in [2.05, 4.69) is 15.7 Å². The van der Waals surface area contributed by atoms with Gasteiger partial charge in [0.25, 0.3) is 0 Å². The van der Waals surface area contributed by atoms with E-state index in [0.29, 0.717) is 19.4 Å². The summed E-state index contributed by atoms with van der Waals surface area (Å²) in [6, 6.07) is 1.60. The molecule has 3 N–H and O–H groups in total. The predicted octanol–water partition coefficient (Wildman–Crippen LogP) is 0.905. The van der Waals surface area contributed by atoms with Crippen LogP contribution in [0.5, 0.6) is 0 Å². The van der Waals surface area contributed by atoms with Crippen molar-refractivity contribution in [2.45, 2.75) is 38.6 Å². The first-order valence-electron chi connectivity index (χ1n) is 6.55. The summed E-state index contributed by atoms with van der Waals surface area (Å²) in [5, 5.41) is 18.4. The molecule has 0 spiro atoms. The molecule has 0 aromatic carbocycles. The van der Waals surface area contributed by atoms with E-state index in [4.69, 9.17) is 5.11 Å². The summed E-state index contributed by atoms with van der Waals surface area (Å²) >= 11 is 0. The first kappa shape index (κ1) is 16.0. The van der Waals surface area contributed by atoms with Gasteiger partial charge in [-0.15, -0.1) is 0 Å². The van der Waals surface area contributed by atoms with Crippen molar-refractivity contribution in [2.24, 2.45) is 7.05 Å². The van der Waals surface area contributed by atoms with E-state index in [9.17, 15) is 9.59 Å². The number of hydrogen-bond acceptors (Lipinski definition) is 3. The van der Waals surface area contributed by atoms with Gasteiger partial charge in [-0.1, -0.05) is 0 Å². The van der Waals surface area contributed by atoms with Crippen LogP contribution in [0.4, 0.5) is 4.79 Å². The van der Waals surface area contributed by atoms with E-state index in [1.165, 1.54) is 0 Å². The van der Waals surface area contributed by atoms with Crippen molar-refractivity contribution < 1.29 is 14.7 Å². The van der Waals surface area contributed by atoms with Crippen LogP contribution in [0.2, 0.25) is 0 Å². The first-order chi connectivity index (χ1) is 9.28. The van der Waals surface area contributed by atoms with Crippen molar-refractivity contribution in [3.63, 3.8) is 0 Å². The Labute approximate surface area is 118 Å². The lowest BCUT2D eigenvalue weighted by atomic mass is 9.99. The Morgan fingerprint density at radius 3 is 2.70 bits per heavy atom. The summed E-state index contributed by atoms with van der Waals surface area (Å²) in [6.45, 7) is 4.08. The maximum Gasteiger partial charge on any atom is 0.315 e. The van der Waals surface area contributed by atoms with Gasteiger partial charge in [-0.25, -0.2) is 4.79 Å². The molecule has 1 heterocycles. The molecule has 0 radical (unpaired) electrons. The van der Waals surface area contributed by atoms with Crippen LogP contribution in [0.25, 0.3) is 0 Å². The van der Waals surface area contributed by atoms with E-state index < -0.39 is 11.5 Å². The average Bonchev–Trinajstić information content (AvgIpc) is 2.72. The minimum absolute atomic E-state index is 0.0290. The van der Waals surface area contributed by atoms with Gasteiger partial charge in [-0.05, 0) is 26.3 Å². The number of carboxylic acids is 1. The summed E-state index contributed by atoms with van der Waals surface area (Å²) in [5.74, 6) is -0.865. The van der Waals surface area contributed by atoms with E-state index in [-0.39, 0.29) is 12.5 Å². The Hall–Kier alpha value is -2.05. The number of aromatic nitrogens is 2. The third kappa shape index (κ3) is 6.21. The Balaban J connectivity index is 2.27. The minimum Gasteiger partial charge on any atom is -0.481 e. The molecule has 112 valence electrons. The molecule has 0 saturated carbocycles. The number of urea groups is 1. The molecule has 20 heavy (non-hydrogen) atoms. The highest BCUT2D eigenvalue weighted by Gasteiger charge is 2.21. The normalized spacial score (nSPS) is 11.2. The molecule has 0 atom stereocenters. The van der Waals surface area contributed by atoms with Crippen molar-refractivity contribution >= 4 is 12.0 Å². The number of carboxylic acid groups (broad SMARTS) is 1. The smallest absolute Gasteiger partial charge is 0.315 e. The second-order valence-corrected chi connectivity index (χ2v) is 5.39. The SMILES string of the molecule is Cn1ccc(CCNC(=O)NC(C)(C)CCC(=O)O)n1. The first-order valence-corrected chi connectivity index (χ1v) is 6.55. The Kier molecular flexibility index (Phi) is 5.54. The number of carbonyl (C=O) groups is 2. The molecule has 0 aliphatic carbocycles. The molecule has 1 aromatic rings. The van der Waals surface area contributed by atoms with Crippen LogP contribution in [0.3, 0.4) is 0 Å². The average molecular weight is 282 g/mol. The fourth-order valence-corrected chi connectivity index (χ4v) is 1.73. The summed E-state index contributed by atoms with van der Waals surface area (Å²) in [5.41, 5.74) is 0.367. The molecule has 0 bridgehead atoms. The predicted molar refractivity (Wildman–Crippen MR) is 74.4 cm³/mol. The van der Waals surface area contributed by atoms with Gasteiger partial charge in [0, 0.05) is 38.2 Å². The highest BCUT2D eigenvalue weighted by Crippen LogP contribution is 2.10. The van der Waals surface area contributed by atoms with Gasteiger partial charge in [-0.3, -0.25) is 9.48 Å². The van der Waals surface area contributed by atoms with Crippen molar-refractivity contribution in [1.82, 2.24) is 20.4 Å². The van der Waals surface area contributed by atoms with Crippen LogP contribution in [0, 0.1) is 0 Å². The summed E-state index contributed by atoms with van der Waals surface area (Å²) in [4.78, 5) is 22.2. The Morgan fingerprint density at radius 2 is 2.15 bits per heavy atom. The number of aliphatic carboxylic acids is 1. The zero-order valence-corrected chi connectivity index (χ0v) is 12.1. The molecular formula is C13H22N4O3. The number of nitrogens with zero attached hydrogens (tertiary/aromatic N) is 2. The largest absolute Gasteiger partial charge is 0.481 e. The third-order valence-corrected chi connectivity index (χ3v) is 2.85. The van der Waals surface area contributed by atoms with E-state index in [1.54, 1.807) is 18.5 Å². The van der Waals surface area contributed by atoms with Crippen LogP contribution in [-0.4, -0.2) is 39.0 Å². The lowest BCUT2D eigenvalue weighted by molar-refractivity contribution is -0.137. The maximum absolute atomic E-state index is 11.7. The van der Waals surface area contributed by atoms with Crippen LogP contribution < -0.4 is 10.6 Å². The summed E-state index contributed by atoms with van der Waals surface area (Å²) in [7, 11) is 1.84. The quantitative estimate of drug-likeness (QED) is 0.692. The second-order valence-electron chi connectivity index (χ2n) is 5.39. The fourth-order valence-electron chi connectivity index (χ4n) is 1.73. The number of carbonyl (C=O) groups excluding carboxylic acids is 1. The van der Waals surface area contributed by atoms with E-state index >= 15 is 0 Å². The lowest BCUT2D eigenvalue weighted by Gasteiger charge is -2.25. The van der Waals surface area contributed by atoms with Crippen LogP contribution in [-0.2, 0) is 18.3 Å². The van der Waals surface area contributed by atoms with Crippen LogP contribution in [0.15, 0.2) is 12.3 Å². The molecular weight excluding hydrogens is 260 g/mol. The van der Waals surface area contributed by atoms with Gasteiger partial charge in [0.1, 0.15) is 0 Å². The molecule has 7 heteroatoms. The topological polar surface area (TPSA) is 96.2 Å². The molecule has 1 aromatic heterocycles. The highest BCUT2D eigenvalue weighted by molar-refractivity contribution is 5.74. The maximum atomic E-state index is 11.7. The number of amides is 2. The molecule has 0 aliphatic rings. The van der Waals surface area contributed by atoms with Crippen molar-refractivity contribution in [3.8, 4) is 0 Å². The van der Waals surface area contributed by atoms with Gasteiger partial charge in [0.15, 0.2) is 0 Å². The van der Waals surface area contributed by atoms with Gasteiger partial charge >= 0.3 is 12.0 Å². The van der Waals surface area contributed by atoms with E-state index in [0.717, 1.165) is 5.69 Å². The molecule has 0 unspecified atom stereocenters. The minimum atomic E-state index is -0.865. The molecule has 1 rings (SSSR count). The van der Waals surface area contributed by atoms with Crippen molar-refractivity contribution in [2.75, 3.05) is 6.54 Å². The van der Waals surface area contributed by atoms with Gasteiger partial charge in [-0.2, -0.15) is 5.10 Å².